The Balaban J connectivity index is 0.0000168. The molecule has 380 valence electrons. The molecular weight excluding hydrogens is 1530 g/mol. The van der Waals surface area contributed by atoms with Gasteiger partial charge in [-0.05, 0) is 169 Å². The van der Waals surface area contributed by atoms with E-state index in [2.05, 4.69) is 61.1 Å². The van der Waals surface area contributed by atoms with Crippen LogP contribution in [0.1, 0.15) is 36.8 Å². The minimum absolute atomic E-state index is 0. The van der Waals surface area contributed by atoms with Crippen LogP contribution in [-0.4, -0.2) is 143 Å². The summed E-state index contributed by atoms with van der Waals surface area (Å²) in [5, 5.41) is 86.2. The van der Waals surface area contributed by atoms with Gasteiger partial charge in [0.05, 0.1) is 44.1 Å². The number of phenols is 1. The van der Waals surface area contributed by atoms with Crippen LogP contribution in [0.3, 0.4) is 0 Å². The van der Waals surface area contributed by atoms with E-state index in [0.29, 0.717) is 61.3 Å². The topological polar surface area (TPSA) is 330 Å². The molecule has 27 heteroatoms. The first-order chi connectivity index (χ1) is 32.5. The number of unbranched alkanes of at least 4 members (excludes halogenated alkanes) is 2. The van der Waals surface area contributed by atoms with Gasteiger partial charge in [-0.3, -0.25) is 19.5 Å². The summed E-state index contributed by atoms with van der Waals surface area (Å²) in [7, 11) is 0. The predicted octanol–water partition coefficient (Wildman–Crippen LogP) is -2.17. The second kappa shape index (κ2) is 32.7. The first-order valence-corrected chi connectivity index (χ1v) is 25.4. The second-order valence-corrected chi connectivity index (χ2v) is 20.4. The number of nitrogens with zero attached hydrogens (tertiary/aromatic N) is 3. The third kappa shape index (κ3) is 24.6. The Labute approximate surface area is 503 Å². The molecule has 0 saturated heterocycles. The van der Waals surface area contributed by atoms with Crippen molar-refractivity contribution in [1.29, 1.82) is 0 Å². The third-order valence-corrected chi connectivity index (χ3v) is 13.3. The van der Waals surface area contributed by atoms with Gasteiger partial charge in [0, 0.05) is 83.5 Å². The Morgan fingerprint density at radius 2 is 1.19 bits per heavy atom. The van der Waals surface area contributed by atoms with E-state index in [1.54, 1.807) is 48.5 Å². The zero-order valence-electron chi connectivity index (χ0n) is 36.7. The molecule has 5 N–H and O–H groups in total. The number of anilines is 1. The minimum Gasteiger partial charge on any atom is -0.549 e. The van der Waals surface area contributed by atoms with Crippen molar-refractivity contribution in [3.63, 3.8) is 0 Å². The molecule has 0 aromatic heterocycles. The Kier molecular flexibility index (Phi) is 29.8. The fraction of sp³-hybridized carbons (Fsp3) is 0.395. The number of benzene rings is 3. The number of aliphatic carboxylic acids is 6. The van der Waals surface area contributed by atoms with Crippen LogP contribution in [-0.2, 0) is 46.4 Å². The van der Waals surface area contributed by atoms with Gasteiger partial charge in [-0.25, -0.2) is 4.79 Å². The van der Waals surface area contributed by atoms with Crippen molar-refractivity contribution in [3.8, 4) is 17.2 Å². The number of carboxylic acid groups (broad SMARTS) is 6. The summed E-state index contributed by atoms with van der Waals surface area (Å²) in [5.74, 6) is -8.30. The zero-order valence-corrected chi connectivity index (χ0v) is 48.6. The molecular formula is C43H45EuI4N6O15S-2. The maximum absolute atomic E-state index is 12.8. The number of aromatic hydroxyl groups is 1. The van der Waals surface area contributed by atoms with Gasteiger partial charge in [0.15, 0.2) is 10.9 Å². The van der Waals surface area contributed by atoms with E-state index < -0.39 is 86.5 Å². The monoisotopic (exact) mass is 1580 g/mol. The van der Waals surface area contributed by atoms with Crippen molar-refractivity contribution in [1.82, 2.24) is 25.3 Å². The summed E-state index contributed by atoms with van der Waals surface area (Å²) in [4.78, 5) is 85.3. The fourth-order valence-electron chi connectivity index (χ4n) is 6.74. The average Bonchev–Trinajstić information content (AvgIpc) is 3.23. The number of carbonyl (C=O) groups excluding carboxylic acids is 6. The van der Waals surface area contributed by atoms with Crippen LogP contribution >= 0.6 is 103 Å². The molecule has 3 aromatic rings. The number of halogens is 4. The molecule has 0 fully saturated rings. The zero-order chi connectivity index (χ0) is 51.4. The van der Waals surface area contributed by atoms with Crippen molar-refractivity contribution >= 4 is 155 Å². The van der Waals surface area contributed by atoms with Crippen LogP contribution in [0.2, 0.25) is 0 Å². The molecule has 0 bridgehead atoms. The number of ether oxygens (including phenoxy) is 1. The van der Waals surface area contributed by atoms with Crippen molar-refractivity contribution in [2.24, 2.45) is 0 Å². The van der Waals surface area contributed by atoms with Crippen LogP contribution in [0.4, 0.5) is 5.69 Å². The molecule has 2 unspecified atom stereocenters. The first-order valence-electron chi connectivity index (χ1n) is 20.7. The van der Waals surface area contributed by atoms with Gasteiger partial charge < -0.3 is 80.4 Å². The van der Waals surface area contributed by atoms with Crippen LogP contribution < -0.4 is 46.2 Å². The number of hydrogen-bond donors (Lipinski definition) is 5. The van der Waals surface area contributed by atoms with E-state index in [1.807, 2.05) is 45.2 Å². The molecule has 0 aliphatic rings. The minimum atomic E-state index is -1.62. The van der Waals surface area contributed by atoms with Gasteiger partial charge in [0.2, 0.25) is 5.91 Å². The molecule has 70 heavy (non-hydrogen) atoms. The van der Waals surface area contributed by atoms with Crippen molar-refractivity contribution in [3.05, 3.63) is 73.9 Å². The Morgan fingerprint density at radius 3 is 1.70 bits per heavy atom. The van der Waals surface area contributed by atoms with Gasteiger partial charge in [0.1, 0.15) is 17.5 Å². The van der Waals surface area contributed by atoms with Crippen LogP contribution in [0.25, 0.3) is 0 Å². The van der Waals surface area contributed by atoms with E-state index in [-0.39, 0.29) is 99.1 Å². The first kappa shape index (κ1) is 63.7. The Bertz CT molecular complexity index is 2260. The molecule has 21 nitrogen and oxygen atoms in total. The summed E-state index contributed by atoms with van der Waals surface area (Å²) >= 11 is 13.7. The quantitative estimate of drug-likeness (QED) is 0.0260. The summed E-state index contributed by atoms with van der Waals surface area (Å²) in [6.07, 6.45) is 1.87. The number of amides is 1. The van der Waals surface area contributed by atoms with E-state index in [1.165, 1.54) is 4.90 Å². The largest absolute Gasteiger partial charge is 3.00 e. The molecule has 2 atom stereocenters. The Hall–Kier alpha value is -2.38. The van der Waals surface area contributed by atoms with E-state index in [9.17, 15) is 69.3 Å². The molecule has 0 aliphatic carbocycles. The number of rotatable bonds is 31. The van der Waals surface area contributed by atoms with Crippen molar-refractivity contribution < 1.29 is 123 Å². The number of phenolic OH excluding ortho intramolecular Hbond substituents is 1. The van der Waals surface area contributed by atoms with Gasteiger partial charge in [-0.2, -0.15) is 0 Å². The molecule has 0 spiro atoms. The number of nitrogens with one attached hydrogen (secondary N) is 3. The average molecular weight is 1580 g/mol. The molecule has 0 radical (unpaired) electrons. The molecule has 3 aromatic carbocycles. The second-order valence-electron chi connectivity index (χ2n) is 15.3. The van der Waals surface area contributed by atoms with Gasteiger partial charge in [-0.15, -0.1) is 0 Å². The Morgan fingerprint density at radius 1 is 0.671 bits per heavy atom. The maximum atomic E-state index is 12.8. The maximum Gasteiger partial charge on any atom is 3.00 e. The summed E-state index contributed by atoms with van der Waals surface area (Å²) in [5.41, 5.74) is 1.80. The van der Waals surface area contributed by atoms with Gasteiger partial charge in [0.25, 0.3) is 0 Å². The van der Waals surface area contributed by atoms with E-state index in [0.717, 1.165) is 16.9 Å². The summed E-state index contributed by atoms with van der Waals surface area (Å²) in [6.45, 7) is -4.48. The fourth-order valence-corrected chi connectivity index (χ4v) is 10.8. The van der Waals surface area contributed by atoms with Crippen molar-refractivity contribution in [2.45, 2.75) is 50.6 Å². The molecule has 0 aliphatic heterocycles. The van der Waals surface area contributed by atoms with Gasteiger partial charge >= 0.3 is 55.3 Å². The van der Waals surface area contributed by atoms with E-state index >= 15 is 0 Å². The standard InChI is InChI=1S/C43H50I4N6O15S.Eu/c44-29-16-28(17-30(45)40(29)65)68-41-31(46)13-25(14-32(41)47)15-33(42(66)67)50-34(54)4-2-1-3-9-48-43(69)49-26-7-5-24(6-8-26)12-27(53(22-38(61)62)23-39(63)64)18-51(19-35(55)56)10-11-52(20-36(57)58)21-37(59)60;/h5-8,13-14,16-17,27,33,65H,1-4,9-12,15,18-23H2,(H,50,54)(H,55,56)(H,57,58)(H,59,60)(H,61,62)(H,63,64)(H,66,67)(H2,48,49,69);/q;+3/p-5. The van der Waals surface area contributed by atoms with Crippen LogP contribution in [0, 0.1) is 63.7 Å². The number of thiocarbonyl (C=S) groups is 1. The molecule has 0 saturated carbocycles. The molecule has 1 amide bonds. The van der Waals surface area contributed by atoms with Crippen molar-refractivity contribution in [2.75, 3.05) is 64.2 Å². The SMILES string of the molecule is O=C([O-])CN(CCN(CC(=O)[O-])CC(Cc1ccc(NC(=S)NCCCCCC(=O)NC(Cc2cc(I)c(Oc3cc(I)c(O)c(I)c3)c(I)c2)C(=O)O)cc1)N(CC(=O)[O-])CC(=O)[O-])CC(=O)[O-].[Eu+3]. The number of carboxylic acids is 6. The summed E-state index contributed by atoms with van der Waals surface area (Å²) < 4.78 is 8.85. The third-order valence-electron chi connectivity index (χ3n) is 9.83. The normalized spacial score (nSPS) is 11.9. The number of carbonyl (C=O) groups is 7. The smallest absolute Gasteiger partial charge is 0.549 e. The predicted molar refractivity (Wildman–Crippen MR) is 275 cm³/mol. The molecule has 3 rings (SSSR count). The van der Waals surface area contributed by atoms with Crippen LogP contribution in [0.5, 0.6) is 17.2 Å². The summed E-state index contributed by atoms with van der Waals surface area (Å²) in [6, 6.07) is 11.4. The molecule has 0 heterocycles. The number of hydrogen-bond acceptors (Lipinski definition) is 18. The van der Waals surface area contributed by atoms with Gasteiger partial charge in [-0.1, -0.05) is 18.6 Å². The van der Waals surface area contributed by atoms with Crippen LogP contribution in [0.15, 0.2) is 48.5 Å². The van der Waals surface area contributed by atoms with E-state index in [4.69, 9.17) is 17.0 Å².